The number of hydrogen-bond acceptors (Lipinski definition) is 5. The highest BCUT2D eigenvalue weighted by atomic mass is 32.1. The highest BCUT2D eigenvalue weighted by Gasteiger charge is 2.37. The van der Waals surface area contributed by atoms with E-state index in [9.17, 15) is 9.59 Å². The van der Waals surface area contributed by atoms with Gasteiger partial charge in [-0.2, -0.15) is 0 Å². The van der Waals surface area contributed by atoms with Crippen LogP contribution in [0.4, 0.5) is 0 Å². The van der Waals surface area contributed by atoms with Crippen molar-refractivity contribution in [1.82, 2.24) is 15.2 Å². The highest BCUT2D eigenvalue weighted by Crippen LogP contribution is 2.33. The second-order valence-corrected chi connectivity index (χ2v) is 7.91. The molecule has 0 unspecified atom stereocenters. The van der Waals surface area contributed by atoms with Crippen molar-refractivity contribution in [3.63, 3.8) is 0 Å². The lowest BCUT2D eigenvalue weighted by Crippen LogP contribution is -2.55. The van der Waals surface area contributed by atoms with Gasteiger partial charge >= 0.3 is 5.97 Å². The number of rotatable bonds is 10. The molecular formula is C17H25N3O3S. The Bertz CT molecular complexity index is 553. The van der Waals surface area contributed by atoms with Gasteiger partial charge in [-0.1, -0.05) is 0 Å². The van der Waals surface area contributed by atoms with E-state index in [1.807, 2.05) is 5.38 Å². The van der Waals surface area contributed by atoms with Gasteiger partial charge in [0.2, 0.25) is 5.91 Å². The smallest absolute Gasteiger partial charge is 0.317 e. The number of carboxylic acids is 1. The van der Waals surface area contributed by atoms with E-state index in [0.717, 1.165) is 37.2 Å². The first kappa shape index (κ1) is 17.4. The second kappa shape index (κ2) is 8.07. The molecule has 0 aliphatic heterocycles. The third-order valence-corrected chi connectivity index (χ3v) is 5.64. The Hall–Kier alpha value is -1.47. The number of nitrogens with one attached hydrogen (secondary N) is 1. The summed E-state index contributed by atoms with van der Waals surface area (Å²) < 4.78 is 0. The van der Waals surface area contributed by atoms with Crippen molar-refractivity contribution in [2.24, 2.45) is 5.92 Å². The fraction of sp³-hybridized carbons (Fsp3) is 0.706. The molecular weight excluding hydrogens is 326 g/mol. The summed E-state index contributed by atoms with van der Waals surface area (Å²) in [6.45, 7) is 1.01. The van der Waals surface area contributed by atoms with Crippen molar-refractivity contribution in [3.05, 3.63) is 16.6 Å². The molecule has 1 aromatic heterocycles. The maximum atomic E-state index is 12.0. The zero-order valence-electron chi connectivity index (χ0n) is 13.8. The Balaban J connectivity index is 1.32. The van der Waals surface area contributed by atoms with E-state index < -0.39 is 5.97 Å². The third-order valence-electron chi connectivity index (χ3n) is 4.80. The Labute approximate surface area is 146 Å². The summed E-state index contributed by atoms with van der Waals surface area (Å²) in [5.74, 6) is 0.0242. The monoisotopic (exact) mass is 351 g/mol. The zero-order chi connectivity index (χ0) is 16.9. The Morgan fingerprint density at radius 3 is 2.79 bits per heavy atom. The molecule has 2 N–H and O–H groups in total. The van der Waals surface area contributed by atoms with Crippen LogP contribution in [0.25, 0.3) is 0 Å². The quantitative estimate of drug-likeness (QED) is 0.673. The van der Waals surface area contributed by atoms with Crippen molar-refractivity contribution in [1.29, 1.82) is 0 Å². The minimum atomic E-state index is -0.759. The Morgan fingerprint density at radius 2 is 2.17 bits per heavy atom. The van der Waals surface area contributed by atoms with Gasteiger partial charge < -0.3 is 10.4 Å². The Kier molecular flexibility index (Phi) is 5.84. The van der Waals surface area contributed by atoms with Crippen LogP contribution in [-0.4, -0.2) is 52.0 Å². The van der Waals surface area contributed by atoms with Gasteiger partial charge in [-0.3, -0.25) is 14.5 Å². The van der Waals surface area contributed by atoms with Crippen LogP contribution in [0.5, 0.6) is 0 Å². The van der Waals surface area contributed by atoms with Crippen LogP contribution in [0.15, 0.2) is 11.6 Å². The Morgan fingerprint density at radius 1 is 1.38 bits per heavy atom. The molecule has 2 saturated carbocycles. The van der Waals surface area contributed by atoms with Gasteiger partial charge in [-0.25, -0.2) is 4.98 Å². The van der Waals surface area contributed by atoms with Crippen LogP contribution >= 0.6 is 11.3 Å². The minimum absolute atomic E-state index is 0.0991. The van der Waals surface area contributed by atoms with Crippen LogP contribution in [-0.2, 0) is 16.0 Å². The molecule has 6 nitrogen and oxygen atoms in total. The lowest BCUT2D eigenvalue weighted by molar-refractivity contribution is -0.140. The number of thiazole rings is 1. The van der Waals surface area contributed by atoms with Gasteiger partial charge in [0, 0.05) is 36.6 Å². The first-order chi connectivity index (χ1) is 11.6. The second-order valence-electron chi connectivity index (χ2n) is 6.94. The largest absolute Gasteiger partial charge is 0.480 e. The van der Waals surface area contributed by atoms with E-state index >= 15 is 0 Å². The first-order valence-corrected chi connectivity index (χ1v) is 9.61. The number of nitrogens with zero attached hydrogens (tertiary/aromatic N) is 2. The van der Waals surface area contributed by atoms with Gasteiger partial charge in [0.05, 0.1) is 11.6 Å². The number of hydrogen-bond donors (Lipinski definition) is 2. The number of aryl methyl sites for hydroxylation is 1. The molecule has 0 saturated heterocycles. The van der Waals surface area contributed by atoms with Gasteiger partial charge in [-0.15, -0.1) is 11.3 Å². The molecule has 2 fully saturated rings. The average molecular weight is 351 g/mol. The predicted octanol–water partition coefficient (Wildman–Crippen LogP) is 1.91. The van der Waals surface area contributed by atoms with Crippen LogP contribution in [0, 0.1) is 5.92 Å². The molecule has 3 rings (SSSR count). The van der Waals surface area contributed by atoms with Crippen LogP contribution in [0.3, 0.4) is 0 Å². The normalized spacial score (nSPS) is 23.0. The third kappa shape index (κ3) is 5.27. The molecule has 0 spiro atoms. The van der Waals surface area contributed by atoms with Crippen LogP contribution < -0.4 is 5.32 Å². The molecule has 7 heteroatoms. The molecule has 0 bridgehead atoms. The van der Waals surface area contributed by atoms with Crippen molar-refractivity contribution in [2.75, 3.05) is 13.1 Å². The van der Waals surface area contributed by atoms with E-state index in [0.29, 0.717) is 18.4 Å². The summed E-state index contributed by atoms with van der Waals surface area (Å²) in [5, 5.41) is 15.2. The van der Waals surface area contributed by atoms with Gasteiger partial charge in [-0.05, 0) is 44.4 Å². The molecule has 1 amide bonds. The molecule has 2 aliphatic carbocycles. The molecule has 2 aliphatic rings. The molecule has 1 heterocycles. The fourth-order valence-corrected chi connectivity index (χ4v) is 3.89. The zero-order valence-corrected chi connectivity index (χ0v) is 14.6. The summed E-state index contributed by atoms with van der Waals surface area (Å²) in [7, 11) is 0. The summed E-state index contributed by atoms with van der Waals surface area (Å²) in [6.07, 6.45) is 8.19. The molecule has 132 valence electrons. The minimum Gasteiger partial charge on any atom is -0.480 e. The molecule has 1 aromatic rings. The van der Waals surface area contributed by atoms with Crippen molar-refractivity contribution in [2.45, 2.75) is 57.0 Å². The van der Waals surface area contributed by atoms with Crippen molar-refractivity contribution in [3.8, 4) is 0 Å². The predicted molar refractivity (Wildman–Crippen MR) is 91.9 cm³/mol. The van der Waals surface area contributed by atoms with Crippen molar-refractivity contribution < 1.29 is 14.7 Å². The van der Waals surface area contributed by atoms with Gasteiger partial charge in [0.1, 0.15) is 0 Å². The van der Waals surface area contributed by atoms with Gasteiger partial charge in [0.25, 0.3) is 0 Å². The van der Waals surface area contributed by atoms with Crippen LogP contribution in [0.2, 0.25) is 0 Å². The summed E-state index contributed by atoms with van der Waals surface area (Å²) in [5.41, 5.74) is 0. The first-order valence-electron chi connectivity index (χ1n) is 8.73. The maximum absolute atomic E-state index is 12.0. The average Bonchev–Trinajstić information content (AvgIpc) is 3.14. The molecule has 24 heavy (non-hydrogen) atoms. The number of carbonyl (C=O) groups excluding carboxylic acids is 1. The lowest BCUT2D eigenvalue weighted by atomic mass is 9.85. The lowest BCUT2D eigenvalue weighted by Gasteiger charge is -2.42. The van der Waals surface area contributed by atoms with Crippen LogP contribution in [0.1, 0.15) is 43.5 Å². The van der Waals surface area contributed by atoms with Crippen molar-refractivity contribution >= 4 is 23.2 Å². The number of aliphatic carboxylic acids is 1. The SMILES string of the molecule is O=C(O)CN(CC1CC1)C1CC(NC(=O)CCCc2nccs2)C1. The summed E-state index contributed by atoms with van der Waals surface area (Å²) in [4.78, 5) is 29.3. The topological polar surface area (TPSA) is 82.5 Å². The number of amides is 1. The van der Waals surface area contributed by atoms with E-state index in [1.165, 1.54) is 12.8 Å². The maximum Gasteiger partial charge on any atom is 0.317 e. The molecule has 0 radical (unpaired) electrons. The van der Waals surface area contributed by atoms with E-state index in [1.54, 1.807) is 17.5 Å². The molecule has 0 atom stereocenters. The highest BCUT2D eigenvalue weighted by molar-refractivity contribution is 7.09. The van der Waals surface area contributed by atoms with E-state index in [2.05, 4.69) is 15.2 Å². The number of aromatic nitrogens is 1. The van der Waals surface area contributed by atoms with E-state index in [4.69, 9.17) is 5.11 Å². The van der Waals surface area contributed by atoms with E-state index in [-0.39, 0.29) is 18.5 Å². The standard InChI is InChI=1S/C17H25N3O3S/c21-15(2-1-3-16-18-6-7-24-16)19-13-8-14(9-13)20(11-17(22)23)10-12-4-5-12/h6-7,12-14H,1-5,8-11H2,(H,19,21)(H,22,23). The molecule has 0 aromatic carbocycles. The number of carboxylic acid groups (broad SMARTS) is 1. The van der Waals surface area contributed by atoms with Gasteiger partial charge in [0.15, 0.2) is 0 Å². The summed E-state index contributed by atoms with van der Waals surface area (Å²) in [6, 6.07) is 0.514. The summed E-state index contributed by atoms with van der Waals surface area (Å²) >= 11 is 1.63. The fourth-order valence-electron chi connectivity index (χ4n) is 3.23. The number of carbonyl (C=O) groups is 2.